The molecular weight excluding hydrogens is 534 g/mol. The van der Waals surface area contributed by atoms with Crippen LogP contribution in [0.25, 0.3) is 0 Å². The molecule has 3 atom stereocenters. The van der Waals surface area contributed by atoms with E-state index in [1.165, 1.54) is 17.8 Å². The second-order valence-electron chi connectivity index (χ2n) is 7.96. The highest BCUT2D eigenvalue weighted by atomic mass is 32.1. The van der Waals surface area contributed by atoms with Crippen LogP contribution >= 0.6 is 11.3 Å². The van der Waals surface area contributed by atoms with Gasteiger partial charge in [0, 0.05) is 42.8 Å². The molecule has 2 aliphatic heterocycles. The van der Waals surface area contributed by atoms with Gasteiger partial charge < -0.3 is 20.3 Å². The molecule has 37 heavy (non-hydrogen) atoms. The number of likely N-dealkylation sites (tertiary alicyclic amines) is 1. The Balaban J connectivity index is 0.000000286. The summed E-state index contributed by atoms with van der Waals surface area (Å²) in [5.74, 6) is -3.51. The summed E-state index contributed by atoms with van der Waals surface area (Å²) in [5.41, 5.74) is 0. The number of halogens is 6. The Labute approximate surface area is 211 Å². The van der Waals surface area contributed by atoms with Crippen molar-refractivity contribution in [3.05, 3.63) is 40.8 Å². The lowest BCUT2D eigenvalue weighted by atomic mass is 9.84. The van der Waals surface area contributed by atoms with E-state index in [4.69, 9.17) is 24.5 Å². The standard InChI is InChI=1S/C17H22N4OS.2C2HF3O2/c1-3-14(23-8-1)10-21-7-4-13-12-22-16(15(13)11-21)9-20-17-18-5-2-6-19-17;2*3-2(4,5)1(6)7/h1-3,5-6,8,13,15-16H,4,7,9-12H2,(H,18,19,20);2*(H,6,7)/t13-,15-,16+;;/m0../s1. The van der Waals surface area contributed by atoms with Crippen molar-refractivity contribution in [1.29, 1.82) is 0 Å². The molecule has 2 aromatic heterocycles. The summed E-state index contributed by atoms with van der Waals surface area (Å²) in [7, 11) is 0. The summed E-state index contributed by atoms with van der Waals surface area (Å²) in [4.78, 5) is 30.3. The fourth-order valence-corrected chi connectivity index (χ4v) is 4.41. The van der Waals surface area contributed by atoms with E-state index in [2.05, 4.69) is 37.7 Å². The molecule has 3 N–H and O–H groups in total. The number of alkyl halides is 6. The van der Waals surface area contributed by atoms with Gasteiger partial charge in [0.15, 0.2) is 0 Å². The van der Waals surface area contributed by atoms with Crippen molar-refractivity contribution in [3.8, 4) is 0 Å². The van der Waals surface area contributed by atoms with E-state index in [0.717, 1.165) is 26.2 Å². The summed E-state index contributed by atoms with van der Waals surface area (Å²) in [6.45, 7) is 5.08. The molecular formula is C21H24F6N4O5S. The zero-order valence-electron chi connectivity index (χ0n) is 19.1. The van der Waals surface area contributed by atoms with Crippen molar-refractivity contribution in [2.75, 3.05) is 31.6 Å². The van der Waals surface area contributed by atoms with E-state index in [0.29, 0.717) is 17.8 Å². The van der Waals surface area contributed by atoms with Gasteiger partial charge in [-0.3, -0.25) is 4.90 Å². The molecule has 0 spiro atoms. The van der Waals surface area contributed by atoms with Gasteiger partial charge in [0.2, 0.25) is 5.95 Å². The molecule has 0 aliphatic carbocycles. The molecule has 2 saturated heterocycles. The topological polar surface area (TPSA) is 125 Å². The van der Waals surface area contributed by atoms with Gasteiger partial charge in [-0.05, 0) is 36.4 Å². The van der Waals surface area contributed by atoms with E-state index in [9.17, 15) is 26.3 Å². The number of anilines is 1. The van der Waals surface area contributed by atoms with Gasteiger partial charge in [-0.1, -0.05) is 6.07 Å². The van der Waals surface area contributed by atoms with Gasteiger partial charge in [-0.2, -0.15) is 26.3 Å². The zero-order valence-corrected chi connectivity index (χ0v) is 19.9. The summed E-state index contributed by atoms with van der Waals surface area (Å²) in [5, 5.41) is 19.7. The molecule has 4 rings (SSSR count). The second-order valence-corrected chi connectivity index (χ2v) is 8.99. The molecule has 2 aliphatic rings. The summed E-state index contributed by atoms with van der Waals surface area (Å²) >= 11 is 1.85. The molecule has 0 saturated carbocycles. The Morgan fingerprint density at radius 2 is 1.68 bits per heavy atom. The molecule has 0 aromatic carbocycles. The molecule has 0 amide bonds. The van der Waals surface area contributed by atoms with Gasteiger partial charge in [-0.25, -0.2) is 19.6 Å². The maximum absolute atomic E-state index is 10.6. The van der Waals surface area contributed by atoms with Crippen LogP contribution in [-0.4, -0.2) is 81.7 Å². The van der Waals surface area contributed by atoms with E-state index >= 15 is 0 Å². The van der Waals surface area contributed by atoms with Gasteiger partial charge >= 0.3 is 24.3 Å². The normalized spacial score (nSPS) is 21.5. The highest BCUT2D eigenvalue weighted by Gasteiger charge is 2.41. The lowest BCUT2D eigenvalue weighted by Gasteiger charge is -2.35. The molecule has 9 nitrogen and oxygen atoms in total. The monoisotopic (exact) mass is 558 g/mol. The number of carbonyl (C=O) groups is 2. The zero-order chi connectivity index (χ0) is 27.6. The lowest BCUT2D eigenvalue weighted by Crippen LogP contribution is -2.43. The van der Waals surface area contributed by atoms with Crippen LogP contribution in [-0.2, 0) is 20.9 Å². The van der Waals surface area contributed by atoms with Gasteiger partial charge in [0.05, 0.1) is 12.7 Å². The molecule has 16 heteroatoms. The van der Waals surface area contributed by atoms with Gasteiger partial charge in [-0.15, -0.1) is 11.3 Å². The quantitative estimate of drug-likeness (QED) is 0.471. The highest BCUT2D eigenvalue weighted by molar-refractivity contribution is 7.09. The molecule has 4 heterocycles. The van der Waals surface area contributed by atoms with Gasteiger partial charge in [0.25, 0.3) is 0 Å². The number of thiophene rings is 1. The van der Waals surface area contributed by atoms with E-state index in [1.807, 2.05) is 17.4 Å². The van der Waals surface area contributed by atoms with Crippen LogP contribution in [0.3, 0.4) is 0 Å². The largest absolute Gasteiger partial charge is 0.490 e. The van der Waals surface area contributed by atoms with Crippen LogP contribution in [0, 0.1) is 11.8 Å². The average molecular weight is 559 g/mol. The molecule has 0 bridgehead atoms. The highest BCUT2D eigenvalue weighted by Crippen LogP contribution is 2.35. The van der Waals surface area contributed by atoms with Crippen molar-refractivity contribution in [3.63, 3.8) is 0 Å². The Hall–Kier alpha value is -2.98. The first-order valence-corrected chi connectivity index (χ1v) is 11.6. The number of rotatable bonds is 5. The first-order valence-electron chi connectivity index (χ1n) is 10.7. The number of hydrogen-bond donors (Lipinski definition) is 3. The van der Waals surface area contributed by atoms with Crippen LogP contribution < -0.4 is 5.32 Å². The Kier molecular flexibility index (Phi) is 11.1. The average Bonchev–Trinajstić information content (AvgIpc) is 3.48. The minimum absolute atomic E-state index is 0.259. The Morgan fingerprint density at radius 3 is 2.19 bits per heavy atom. The van der Waals surface area contributed by atoms with E-state index in [-0.39, 0.29) is 6.10 Å². The number of fused-ring (bicyclic) bond motifs is 1. The van der Waals surface area contributed by atoms with Crippen LogP contribution in [0.4, 0.5) is 32.3 Å². The van der Waals surface area contributed by atoms with Crippen molar-refractivity contribution >= 4 is 29.2 Å². The number of ether oxygens (including phenoxy) is 1. The fraction of sp³-hybridized carbons (Fsp3) is 0.524. The van der Waals surface area contributed by atoms with Crippen LogP contribution in [0.15, 0.2) is 36.0 Å². The summed E-state index contributed by atoms with van der Waals surface area (Å²) in [6.07, 6.45) is -5.14. The third-order valence-electron chi connectivity index (χ3n) is 5.36. The first kappa shape index (κ1) is 30.2. The van der Waals surface area contributed by atoms with Crippen molar-refractivity contribution < 1.29 is 50.9 Å². The molecule has 206 valence electrons. The molecule has 2 aromatic rings. The van der Waals surface area contributed by atoms with E-state index in [1.54, 1.807) is 12.4 Å². The number of carboxylic acid groups (broad SMARTS) is 2. The SMILES string of the molecule is O=C(O)C(F)(F)F.O=C(O)C(F)(F)F.c1cnc(NC[C@H]2OC[C@@H]3CCN(Cc4cccs4)C[C@@H]32)nc1. The second kappa shape index (κ2) is 13.5. The Bertz CT molecular complexity index is 954. The number of carboxylic acids is 2. The lowest BCUT2D eigenvalue weighted by molar-refractivity contribution is -0.193. The number of hydrogen-bond acceptors (Lipinski definition) is 8. The predicted molar refractivity (Wildman–Crippen MR) is 119 cm³/mol. The third-order valence-corrected chi connectivity index (χ3v) is 6.23. The summed E-state index contributed by atoms with van der Waals surface area (Å²) in [6, 6.07) is 6.20. The molecule has 2 fully saturated rings. The number of aliphatic carboxylic acids is 2. The molecule has 0 radical (unpaired) electrons. The maximum atomic E-state index is 10.6. The van der Waals surface area contributed by atoms with Crippen molar-refractivity contribution in [2.45, 2.75) is 31.4 Å². The smallest absolute Gasteiger partial charge is 0.475 e. The fourth-order valence-electron chi connectivity index (χ4n) is 3.66. The maximum Gasteiger partial charge on any atom is 0.490 e. The summed E-state index contributed by atoms with van der Waals surface area (Å²) < 4.78 is 69.5. The van der Waals surface area contributed by atoms with Crippen LogP contribution in [0.1, 0.15) is 11.3 Å². The van der Waals surface area contributed by atoms with Gasteiger partial charge in [0.1, 0.15) is 0 Å². The minimum Gasteiger partial charge on any atom is -0.475 e. The van der Waals surface area contributed by atoms with Crippen molar-refractivity contribution in [2.24, 2.45) is 11.8 Å². The van der Waals surface area contributed by atoms with Crippen LogP contribution in [0.2, 0.25) is 0 Å². The third kappa shape index (κ3) is 10.5. The van der Waals surface area contributed by atoms with Crippen molar-refractivity contribution in [1.82, 2.24) is 14.9 Å². The number of nitrogens with zero attached hydrogens (tertiary/aromatic N) is 3. The van der Waals surface area contributed by atoms with E-state index < -0.39 is 24.3 Å². The predicted octanol–water partition coefficient (Wildman–Crippen LogP) is 3.75. The minimum atomic E-state index is -5.08. The number of nitrogens with one attached hydrogen (secondary N) is 1. The number of aromatic nitrogens is 2. The number of piperidine rings is 1. The van der Waals surface area contributed by atoms with Crippen LogP contribution in [0.5, 0.6) is 0 Å². The Morgan fingerprint density at radius 1 is 1.08 bits per heavy atom. The molecule has 0 unspecified atom stereocenters. The first-order chi connectivity index (χ1) is 17.3.